The summed E-state index contributed by atoms with van der Waals surface area (Å²) in [4.78, 5) is 12.4. The van der Waals surface area contributed by atoms with Crippen LogP contribution in [0.15, 0.2) is 18.2 Å². The standard InChI is InChI=1S/C18H24N2O2/c1-22-17-5-4-11(10-2-3-10)6-12(17)9-20-18(21)15-8-16(19)14-7-13(14)15/h4-6,10,13-16H,2-3,7-9,19H2,1H3,(H,20,21)/t13-,14+,15-,16+/m1/s1. The van der Waals surface area contributed by atoms with E-state index in [9.17, 15) is 4.79 Å². The van der Waals surface area contributed by atoms with Gasteiger partial charge < -0.3 is 15.8 Å². The van der Waals surface area contributed by atoms with E-state index >= 15 is 0 Å². The first-order chi connectivity index (χ1) is 10.7. The molecule has 4 nitrogen and oxygen atoms in total. The Labute approximate surface area is 131 Å². The lowest BCUT2D eigenvalue weighted by atomic mass is 10.0. The Morgan fingerprint density at radius 3 is 2.73 bits per heavy atom. The molecular weight excluding hydrogens is 276 g/mol. The first-order valence-corrected chi connectivity index (χ1v) is 8.37. The number of carbonyl (C=O) groups is 1. The molecule has 1 aromatic rings. The number of amides is 1. The number of rotatable bonds is 5. The number of nitrogens with two attached hydrogens (primary N) is 1. The molecule has 3 saturated carbocycles. The largest absolute Gasteiger partial charge is 0.496 e. The molecule has 22 heavy (non-hydrogen) atoms. The van der Waals surface area contributed by atoms with Crippen molar-refractivity contribution in [2.24, 2.45) is 23.5 Å². The molecule has 4 heteroatoms. The van der Waals surface area contributed by atoms with Crippen LogP contribution in [0, 0.1) is 17.8 Å². The molecule has 0 heterocycles. The summed E-state index contributed by atoms with van der Waals surface area (Å²) in [7, 11) is 1.68. The van der Waals surface area contributed by atoms with Crippen LogP contribution < -0.4 is 15.8 Å². The zero-order valence-corrected chi connectivity index (χ0v) is 13.0. The van der Waals surface area contributed by atoms with Gasteiger partial charge in [-0.25, -0.2) is 0 Å². The molecule has 0 unspecified atom stereocenters. The minimum atomic E-state index is 0.123. The van der Waals surface area contributed by atoms with E-state index in [4.69, 9.17) is 10.5 Å². The van der Waals surface area contributed by atoms with Gasteiger partial charge in [-0.05, 0) is 55.1 Å². The fourth-order valence-electron chi connectivity index (χ4n) is 4.06. The van der Waals surface area contributed by atoms with Crippen molar-refractivity contribution < 1.29 is 9.53 Å². The van der Waals surface area contributed by atoms with Crippen LogP contribution in [0.2, 0.25) is 0 Å². The van der Waals surface area contributed by atoms with Crippen LogP contribution in [0.3, 0.4) is 0 Å². The maximum absolute atomic E-state index is 12.4. The third kappa shape index (κ3) is 2.50. The Kier molecular flexibility index (Phi) is 3.37. The van der Waals surface area contributed by atoms with Gasteiger partial charge in [0.2, 0.25) is 5.91 Å². The van der Waals surface area contributed by atoms with Gasteiger partial charge in [0.1, 0.15) is 5.75 Å². The average molecular weight is 300 g/mol. The zero-order valence-electron chi connectivity index (χ0n) is 13.0. The molecule has 0 saturated heterocycles. The van der Waals surface area contributed by atoms with Crippen molar-refractivity contribution in [3.8, 4) is 5.75 Å². The van der Waals surface area contributed by atoms with Crippen LogP contribution in [-0.2, 0) is 11.3 Å². The monoisotopic (exact) mass is 300 g/mol. The molecule has 3 aliphatic rings. The summed E-state index contributed by atoms with van der Waals surface area (Å²) in [5, 5.41) is 3.11. The molecule has 4 atom stereocenters. The SMILES string of the molecule is COc1ccc(C2CC2)cc1CNC(=O)[C@@H]1C[C@H](N)[C@H]2C[C@H]21. The third-order valence-corrected chi connectivity index (χ3v) is 5.63. The molecule has 0 spiro atoms. The molecule has 0 bridgehead atoms. The van der Waals surface area contributed by atoms with E-state index in [0.29, 0.717) is 24.3 Å². The van der Waals surface area contributed by atoms with Crippen molar-refractivity contribution >= 4 is 5.91 Å². The van der Waals surface area contributed by atoms with E-state index in [1.54, 1.807) is 7.11 Å². The highest BCUT2D eigenvalue weighted by Gasteiger charge is 2.55. The highest BCUT2D eigenvalue weighted by atomic mass is 16.5. The normalized spacial score (nSPS) is 32.5. The minimum Gasteiger partial charge on any atom is -0.496 e. The van der Waals surface area contributed by atoms with Crippen molar-refractivity contribution in [2.45, 2.75) is 44.2 Å². The van der Waals surface area contributed by atoms with E-state index in [-0.39, 0.29) is 17.9 Å². The second-order valence-electron chi connectivity index (χ2n) is 7.13. The van der Waals surface area contributed by atoms with Gasteiger partial charge >= 0.3 is 0 Å². The second kappa shape index (κ2) is 5.27. The van der Waals surface area contributed by atoms with Gasteiger partial charge in [-0.2, -0.15) is 0 Å². The minimum absolute atomic E-state index is 0.123. The van der Waals surface area contributed by atoms with Gasteiger partial charge in [-0.3, -0.25) is 4.79 Å². The van der Waals surface area contributed by atoms with Gasteiger partial charge in [-0.1, -0.05) is 12.1 Å². The number of carbonyl (C=O) groups excluding carboxylic acids is 1. The fraction of sp³-hybridized carbons (Fsp3) is 0.611. The second-order valence-corrected chi connectivity index (χ2v) is 7.13. The molecule has 0 aliphatic heterocycles. The molecule has 118 valence electrons. The van der Waals surface area contributed by atoms with Crippen LogP contribution in [0.1, 0.15) is 42.7 Å². The van der Waals surface area contributed by atoms with Crippen molar-refractivity contribution in [3.05, 3.63) is 29.3 Å². The highest BCUT2D eigenvalue weighted by Crippen LogP contribution is 2.54. The van der Waals surface area contributed by atoms with Gasteiger partial charge in [0, 0.05) is 24.1 Å². The summed E-state index contributed by atoms with van der Waals surface area (Å²) in [5.74, 6) is 2.99. The average Bonchev–Trinajstić information content (AvgIpc) is 3.43. The summed E-state index contributed by atoms with van der Waals surface area (Å²) in [6.07, 6.45) is 4.54. The first-order valence-electron chi connectivity index (χ1n) is 8.37. The molecule has 0 aromatic heterocycles. The predicted octanol–water partition coefficient (Wildman–Crippen LogP) is 2.17. The molecule has 3 N–H and O–H groups in total. The van der Waals surface area contributed by atoms with Gasteiger partial charge in [0.25, 0.3) is 0 Å². The first kappa shape index (κ1) is 14.1. The Balaban J connectivity index is 1.42. The molecule has 1 amide bonds. The van der Waals surface area contributed by atoms with Crippen LogP contribution in [0.25, 0.3) is 0 Å². The summed E-state index contributed by atoms with van der Waals surface area (Å²) in [6, 6.07) is 6.59. The number of ether oxygens (including phenoxy) is 1. The highest BCUT2D eigenvalue weighted by molar-refractivity contribution is 5.80. The third-order valence-electron chi connectivity index (χ3n) is 5.63. The number of methoxy groups -OCH3 is 1. The maximum atomic E-state index is 12.4. The smallest absolute Gasteiger partial charge is 0.223 e. The predicted molar refractivity (Wildman–Crippen MR) is 84.5 cm³/mol. The topological polar surface area (TPSA) is 64.3 Å². The van der Waals surface area contributed by atoms with E-state index in [1.165, 1.54) is 18.4 Å². The van der Waals surface area contributed by atoms with Crippen LogP contribution in [-0.4, -0.2) is 19.1 Å². The maximum Gasteiger partial charge on any atom is 0.223 e. The lowest BCUT2D eigenvalue weighted by Crippen LogP contribution is -2.32. The lowest BCUT2D eigenvalue weighted by molar-refractivity contribution is -0.125. The Morgan fingerprint density at radius 1 is 1.32 bits per heavy atom. The Morgan fingerprint density at radius 2 is 2.14 bits per heavy atom. The zero-order chi connectivity index (χ0) is 15.3. The van der Waals surface area contributed by atoms with Crippen LogP contribution in [0.5, 0.6) is 5.75 Å². The van der Waals surface area contributed by atoms with Gasteiger partial charge in [-0.15, -0.1) is 0 Å². The molecular formula is C18H24N2O2. The van der Waals surface area contributed by atoms with E-state index in [0.717, 1.165) is 24.2 Å². The summed E-state index contributed by atoms with van der Waals surface area (Å²) < 4.78 is 5.43. The van der Waals surface area contributed by atoms with Crippen LogP contribution in [0.4, 0.5) is 0 Å². The van der Waals surface area contributed by atoms with Crippen molar-refractivity contribution in [2.75, 3.05) is 7.11 Å². The van der Waals surface area contributed by atoms with Crippen LogP contribution >= 0.6 is 0 Å². The quantitative estimate of drug-likeness (QED) is 0.876. The summed E-state index contributed by atoms with van der Waals surface area (Å²) in [6.45, 7) is 0.547. The lowest BCUT2D eigenvalue weighted by Gasteiger charge is -2.16. The van der Waals surface area contributed by atoms with Crippen molar-refractivity contribution in [1.29, 1.82) is 0 Å². The molecule has 0 radical (unpaired) electrons. The van der Waals surface area contributed by atoms with E-state index < -0.39 is 0 Å². The van der Waals surface area contributed by atoms with E-state index in [1.807, 2.05) is 6.07 Å². The summed E-state index contributed by atoms with van der Waals surface area (Å²) in [5.41, 5.74) is 8.51. The Hall–Kier alpha value is -1.55. The molecule has 3 fully saturated rings. The van der Waals surface area contributed by atoms with E-state index in [2.05, 4.69) is 17.4 Å². The Bertz CT molecular complexity index is 597. The molecule has 1 aromatic carbocycles. The number of hydrogen-bond acceptors (Lipinski definition) is 3. The number of hydrogen-bond donors (Lipinski definition) is 2. The number of nitrogens with one attached hydrogen (secondary N) is 1. The van der Waals surface area contributed by atoms with Crippen molar-refractivity contribution in [3.63, 3.8) is 0 Å². The number of benzene rings is 1. The molecule has 4 rings (SSSR count). The van der Waals surface area contributed by atoms with Gasteiger partial charge in [0.05, 0.1) is 7.11 Å². The van der Waals surface area contributed by atoms with Crippen molar-refractivity contribution in [1.82, 2.24) is 5.32 Å². The van der Waals surface area contributed by atoms with Gasteiger partial charge in [0.15, 0.2) is 0 Å². The fourth-order valence-corrected chi connectivity index (χ4v) is 4.06. The number of fused-ring (bicyclic) bond motifs is 1. The summed E-state index contributed by atoms with van der Waals surface area (Å²) >= 11 is 0. The molecule has 3 aliphatic carbocycles.